The van der Waals surface area contributed by atoms with Gasteiger partial charge in [-0.3, -0.25) is 4.79 Å². The van der Waals surface area contributed by atoms with Crippen LogP contribution in [0, 0.1) is 24.4 Å². The van der Waals surface area contributed by atoms with Crippen LogP contribution >= 0.6 is 0 Å². The lowest BCUT2D eigenvalue weighted by molar-refractivity contribution is -0.116. The number of hydrogen-bond acceptors (Lipinski definition) is 2. The van der Waals surface area contributed by atoms with Gasteiger partial charge >= 0.3 is 0 Å². The molecule has 0 atom stereocenters. The lowest BCUT2D eigenvalue weighted by Crippen LogP contribution is -2.17. The number of carbonyl (C=O) groups excluding carboxylic acids is 1. The van der Waals surface area contributed by atoms with Crippen LogP contribution in [0.25, 0.3) is 0 Å². The number of rotatable bonds is 6. The highest BCUT2D eigenvalue weighted by molar-refractivity contribution is 5.90. The van der Waals surface area contributed by atoms with Crippen LogP contribution in [0.4, 0.5) is 19.0 Å². The van der Waals surface area contributed by atoms with Crippen molar-refractivity contribution in [2.45, 2.75) is 26.3 Å². The van der Waals surface area contributed by atoms with E-state index >= 15 is 0 Å². The van der Waals surface area contributed by atoms with Crippen molar-refractivity contribution in [3.63, 3.8) is 0 Å². The summed E-state index contributed by atoms with van der Waals surface area (Å²) in [4.78, 5) is 12.3. The second-order valence-electron chi connectivity index (χ2n) is 6.21. The van der Waals surface area contributed by atoms with Gasteiger partial charge in [-0.1, -0.05) is 18.2 Å². The topological polar surface area (TPSA) is 46.9 Å². The molecular formula is C20H18F3N3O. The third kappa shape index (κ3) is 4.55. The molecule has 0 unspecified atom stereocenters. The normalized spacial score (nSPS) is 10.8. The Morgan fingerprint density at radius 1 is 1.07 bits per heavy atom. The van der Waals surface area contributed by atoms with Gasteiger partial charge in [0, 0.05) is 17.5 Å². The zero-order valence-electron chi connectivity index (χ0n) is 14.7. The van der Waals surface area contributed by atoms with E-state index in [-0.39, 0.29) is 36.7 Å². The minimum absolute atomic E-state index is 0.0274. The number of nitrogens with one attached hydrogen (secondary N) is 1. The van der Waals surface area contributed by atoms with Gasteiger partial charge in [-0.15, -0.1) is 0 Å². The van der Waals surface area contributed by atoms with Crippen LogP contribution < -0.4 is 5.32 Å². The van der Waals surface area contributed by atoms with E-state index in [0.29, 0.717) is 16.9 Å². The number of halogens is 3. The molecule has 0 saturated heterocycles. The van der Waals surface area contributed by atoms with Crippen molar-refractivity contribution in [1.82, 2.24) is 9.78 Å². The van der Waals surface area contributed by atoms with Gasteiger partial charge in [-0.2, -0.15) is 5.10 Å². The largest absolute Gasteiger partial charge is 0.311 e. The zero-order chi connectivity index (χ0) is 19.4. The van der Waals surface area contributed by atoms with Crippen molar-refractivity contribution in [3.05, 3.63) is 82.8 Å². The van der Waals surface area contributed by atoms with E-state index in [9.17, 15) is 18.0 Å². The Labute approximate surface area is 154 Å². The first-order valence-corrected chi connectivity index (χ1v) is 8.43. The summed E-state index contributed by atoms with van der Waals surface area (Å²) in [6.45, 7) is 1.72. The van der Waals surface area contributed by atoms with E-state index in [1.165, 1.54) is 16.9 Å². The first kappa shape index (κ1) is 18.7. The summed E-state index contributed by atoms with van der Waals surface area (Å²) in [7, 11) is 0. The maximum absolute atomic E-state index is 13.9. The molecule has 1 heterocycles. The van der Waals surface area contributed by atoms with Crippen molar-refractivity contribution in [1.29, 1.82) is 0 Å². The summed E-state index contributed by atoms with van der Waals surface area (Å²) in [5.41, 5.74) is 1.27. The number of hydrogen-bond donors (Lipinski definition) is 1. The standard InChI is InChI=1S/C20H18F3N3O/c1-13-11-24-26(12-15-10-16(21)7-8-18(15)23)20(13)25-19(27)9-6-14-4-2-3-5-17(14)22/h2-5,7-8,10-11H,6,9,12H2,1H3,(H,25,27). The Morgan fingerprint density at radius 2 is 1.81 bits per heavy atom. The molecule has 0 fully saturated rings. The molecule has 1 amide bonds. The molecular weight excluding hydrogens is 355 g/mol. The third-order valence-corrected chi connectivity index (χ3v) is 4.19. The van der Waals surface area contributed by atoms with E-state index < -0.39 is 11.6 Å². The van der Waals surface area contributed by atoms with E-state index in [0.717, 1.165) is 18.2 Å². The number of amides is 1. The molecule has 27 heavy (non-hydrogen) atoms. The first-order valence-electron chi connectivity index (χ1n) is 8.43. The van der Waals surface area contributed by atoms with Gasteiger partial charge in [0.05, 0.1) is 12.7 Å². The Morgan fingerprint density at radius 3 is 2.59 bits per heavy atom. The molecule has 1 N–H and O–H groups in total. The molecule has 0 spiro atoms. The molecule has 7 heteroatoms. The maximum atomic E-state index is 13.9. The summed E-state index contributed by atoms with van der Waals surface area (Å²) in [5.74, 6) is -1.37. The van der Waals surface area contributed by atoms with E-state index in [1.807, 2.05) is 0 Å². The molecule has 0 saturated carbocycles. The summed E-state index contributed by atoms with van der Waals surface area (Å²) < 4.78 is 42.3. The molecule has 0 radical (unpaired) electrons. The third-order valence-electron chi connectivity index (χ3n) is 4.19. The molecule has 0 aliphatic rings. The minimum Gasteiger partial charge on any atom is -0.311 e. The van der Waals surface area contributed by atoms with Crippen molar-refractivity contribution in [2.24, 2.45) is 0 Å². The predicted molar refractivity (Wildman–Crippen MR) is 95.8 cm³/mol. The fraction of sp³-hybridized carbons (Fsp3) is 0.200. The Bertz CT molecular complexity index is 969. The van der Waals surface area contributed by atoms with Crippen molar-refractivity contribution in [3.8, 4) is 0 Å². The van der Waals surface area contributed by atoms with Gasteiger partial charge in [0.25, 0.3) is 0 Å². The van der Waals surface area contributed by atoms with Crippen LogP contribution in [0.5, 0.6) is 0 Å². The number of nitrogens with zero attached hydrogens (tertiary/aromatic N) is 2. The van der Waals surface area contributed by atoms with Gasteiger partial charge < -0.3 is 5.32 Å². The second kappa shape index (κ2) is 8.07. The molecule has 0 aliphatic heterocycles. The molecule has 1 aromatic heterocycles. The molecule has 4 nitrogen and oxygen atoms in total. The minimum atomic E-state index is -0.554. The maximum Gasteiger partial charge on any atom is 0.225 e. The molecule has 3 rings (SSSR count). The Hall–Kier alpha value is -3.09. The summed E-state index contributed by atoms with van der Waals surface area (Å²) in [5, 5.41) is 6.85. The zero-order valence-corrected chi connectivity index (χ0v) is 14.7. The molecule has 0 aliphatic carbocycles. The van der Waals surface area contributed by atoms with Crippen LogP contribution in [0.2, 0.25) is 0 Å². The summed E-state index contributed by atoms with van der Waals surface area (Å²) in [6, 6.07) is 9.46. The lowest BCUT2D eigenvalue weighted by Gasteiger charge is -2.11. The molecule has 2 aromatic carbocycles. The lowest BCUT2D eigenvalue weighted by atomic mass is 10.1. The Kier molecular flexibility index (Phi) is 5.59. The number of aryl methyl sites for hydroxylation is 2. The fourth-order valence-electron chi connectivity index (χ4n) is 2.73. The van der Waals surface area contributed by atoms with Gasteiger partial charge in [0.1, 0.15) is 23.3 Å². The predicted octanol–water partition coefficient (Wildman–Crippen LogP) is 4.23. The molecule has 3 aromatic rings. The van der Waals surface area contributed by atoms with Gasteiger partial charge in [0.2, 0.25) is 5.91 Å². The Balaban J connectivity index is 1.70. The van der Waals surface area contributed by atoms with Crippen LogP contribution in [0.3, 0.4) is 0 Å². The summed E-state index contributed by atoms with van der Waals surface area (Å²) in [6.07, 6.45) is 1.87. The SMILES string of the molecule is Cc1cnn(Cc2cc(F)ccc2F)c1NC(=O)CCc1ccccc1F. The number of anilines is 1. The average molecular weight is 373 g/mol. The highest BCUT2D eigenvalue weighted by atomic mass is 19.1. The van der Waals surface area contributed by atoms with Crippen molar-refractivity contribution in [2.75, 3.05) is 5.32 Å². The molecule has 140 valence electrons. The summed E-state index contributed by atoms with van der Waals surface area (Å²) >= 11 is 0. The van der Waals surface area contributed by atoms with Crippen molar-refractivity contribution >= 4 is 11.7 Å². The molecule has 0 bridgehead atoms. The van der Waals surface area contributed by atoms with Gasteiger partial charge in [-0.05, 0) is 43.2 Å². The number of aromatic nitrogens is 2. The van der Waals surface area contributed by atoms with Crippen LogP contribution in [0.15, 0.2) is 48.7 Å². The smallest absolute Gasteiger partial charge is 0.225 e. The van der Waals surface area contributed by atoms with E-state index in [1.54, 1.807) is 25.1 Å². The monoisotopic (exact) mass is 373 g/mol. The van der Waals surface area contributed by atoms with Crippen LogP contribution in [-0.2, 0) is 17.8 Å². The highest BCUT2D eigenvalue weighted by Gasteiger charge is 2.14. The van der Waals surface area contributed by atoms with Crippen LogP contribution in [0.1, 0.15) is 23.1 Å². The van der Waals surface area contributed by atoms with Crippen molar-refractivity contribution < 1.29 is 18.0 Å². The second-order valence-corrected chi connectivity index (χ2v) is 6.21. The van der Waals surface area contributed by atoms with E-state index in [2.05, 4.69) is 10.4 Å². The average Bonchev–Trinajstić information content (AvgIpc) is 2.97. The number of benzene rings is 2. The first-order chi connectivity index (χ1) is 12.9. The fourth-order valence-corrected chi connectivity index (χ4v) is 2.73. The quantitative estimate of drug-likeness (QED) is 0.703. The van der Waals surface area contributed by atoms with Crippen LogP contribution in [-0.4, -0.2) is 15.7 Å². The van der Waals surface area contributed by atoms with Gasteiger partial charge in [0.15, 0.2) is 0 Å². The van der Waals surface area contributed by atoms with E-state index in [4.69, 9.17) is 0 Å². The number of carbonyl (C=O) groups is 1. The van der Waals surface area contributed by atoms with Gasteiger partial charge in [-0.25, -0.2) is 17.9 Å². The highest BCUT2D eigenvalue weighted by Crippen LogP contribution is 2.19.